The molecule has 0 aromatic carbocycles. The number of rotatable bonds is 2. The summed E-state index contributed by atoms with van der Waals surface area (Å²) in [6.45, 7) is 1.23. The molecule has 2 fully saturated rings. The second-order valence-electron chi connectivity index (χ2n) is 5.47. The molecule has 0 spiro atoms. The quantitative estimate of drug-likeness (QED) is 0.775. The lowest BCUT2D eigenvalue weighted by Gasteiger charge is -2.35. The molecule has 6 heteroatoms. The van der Waals surface area contributed by atoms with Gasteiger partial charge in [-0.15, -0.1) is 0 Å². The minimum atomic E-state index is -0.813. The SMILES string of the molecule is CN1CCN(C(=O)C2CCCC(C(=O)O)C2)CC1=O. The minimum absolute atomic E-state index is 0.0487. The molecule has 0 bridgehead atoms. The first-order chi connectivity index (χ1) is 8.99. The van der Waals surface area contributed by atoms with Gasteiger partial charge in [0, 0.05) is 26.1 Å². The van der Waals surface area contributed by atoms with E-state index in [0.29, 0.717) is 25.9 Å². The Hall–Kier alpha value is -1.59. The van der Waals surface area contributed by atoms with Crippen molar-refractivity contribution in [1.29, 1.82) is 0 Å². The average molecular weight is 268 g/mol. The summed E-state index contributed by atoms with van der Waals surface area (Å²) < 4.78 is 0. The molecule has 1 saturated carbocycles. The van der Waals surface area contributed by atoms with E-state index in [2.05, 4.69) is 0 Å². The zero-order valence-corrected chi connectivity index (χ0v) is 11.2. The third-order valence-electron chi connectivity index (χ3n) is 4.14. The monoisotopic (exact) mass is 268 g/mol. The molecular formula is C13H20N2O4. The number of hydrogen-bond donors (Lipinski definition) is 1. The fourth-order valence-electron chi connectivity index (χ4n) is 2.84. The van der Waals surface area contributed by atoms with Crippen LogP contribution in [0.4, 0.5) is 0 Å². The van der Waals surface area contributed by atoms with Crippen LogP contribution in [0.1, 0.15) is 25.7 Å². The van der Waals surface area contributed by atoms with Crippen LogP contribution < -0.4 is 0 Å². The number of carbonyl (C=O) groups is 3. The molecule has 1 saturated heterocycles. The Bertz CT molecular complexity index is 396. The van der Waals surface area contributed by atoms with Crippen LogP contribution in [0.3, 0.4) is 0 Å². The number of carboxylic acid groups (broad SMARTS) is 1. The van der Waals surface area contributed by atoms with Crippen molar-refractivity contribution in [3.05, 3.63) is 0 Å². The van der Waals surface area contributed by atoms with Crippen LogP contribution in [0.5, 0.6) is 0 Å². The fraction of sp³-hybridized carbons (Fsp3) is 0.769. The van der Waals surface area contributed by atoms with E-state index in [1.54, 1.807) is 16.8 Å². The Labute approximate surface area is 112 Å². The summed E-state index contributed by atoms with van der Waals surface area (Å²) in [5.41, 5.74) is 0. The smallest absolute Gasteiger partial charge is 0.306 e. The fourth-order valence-corrected chi connectivity index (χ4v) is 2.84. The Kier molecular flexibility index (Phi) is 4.07. The maximum Gasteiger partial charge on any atom is 0.306 e. The van der Waals surface area contributed by atoms with E-state index in [-0.39, 0.29) is 24.3 Å². The normalized spacial score (nSPS) is 28.4. The summed E-state index contributed by atoms with van der Waals surface area (Å²) >= 11 is 0. The van der Waals surface area contributed by atoms with Crippen LogP contribution in [0.25, 0.3) is 0 Å². The van der Waals surface area contributed by atoms with Crippen molar-refractivity contribution in [3.8, 4) is 0 Å². The molecule has 2 atom stereocenters. The highest BCUT2D eigenvalue weighted by molar-refractivity contribution is 5.87. The Balaban J connectivity index is 1.96. The molecule has 6 nitrogen and oxygen atoms in total. The predicted molar refractivity (Wildman–Crippen MR) is 67.3 cm³/mol. The van der Waals surface area contributed by atoms with Gasteiger partial charge in [0.05, 0.1) is 12.5 Å². The molecule has 1 aliphatic carbocycles. The highest BCUT2D eigenvalue weighted by atomic mass is 16.4. The van der Waals surface area contributed by atoms with Crippen LogP contribution in [0.2, 0.25) is 0 Å². The largest absolute Gasteiger partial charge is 0.481 e. The summed E-state index contributed by atoms with van der Waals surface area (Å²) in [6.07, 6.45) is 2.58. The molecule has 2 aliphatic rings. The van der Waals surface area contributed by atoms with Crippen LogP contribution in [0.15, 0.2) is 0 Å². The second-order valence-corrected chi connectivity index (χ2v) is 5.47. The van der Waals surface area contributed by atoms with Crippen molar-refractivity contribution >= 4 is 17.8 Å². The van der Waals surface area contributed by atoms with Gasteiger partial charge < -0.3 is 14.9 Å². The lowest BCUT2D eigenvalue weighted by atomic mass is 9.80. The minimum Gasteiger partial charge on any atom is -0.481 e. The molecule has 1 heterocycles. The number of carbonyl (C=O) groups excluding carboxylic acids is 2. The number of piperazine rings is 1. The summed E-state index contributed by atoms with van der Waals surface area (Å²) in [6, 6.07) is 0. The zero-order valence-electron chi connectivity index (χ0n) is 11.2. The molecule has 2 amide bonds. The maximum absolute atomic E-state index is 12.3. The van der Waals surface area contributed by atoms with Gasteiger partial charge in [0.15, 0.2) is 0 Å². The first-order valence-corrected chi connectivity index (χ1v) is 6.74. The van der Waals surface area contributed by atoms with E-state index in [0.717, 1.165) is 12.8 Å². The van der Waals surface area contributed by atoms with Crippen molar-refractivity contribution in [3.63, 3.8) is 0 Å². The van der Waals surface area contributed by atoms with Crippen molar-refractivity contribution in [2.24, 2.45) is 11.8 Å². The van der Waals surface area contributed by atoms with Crippen LogP contribution >= 0.6 is 0 Å². The van der Waals surface area contributed by atoms with Gasteiger partial charge in [0.1, 0.15) is 0 Å². The van der Waals surface area contributed by atoms with E-state index >= 15 is 0 Å². The number of carboxylic acids is 1. The molecule has 0 aromatic heterocycles. The first-order valence-electron chi connectivity index (χ1n) is 6.74. The molecule has 1 N–H and O–H groups in total. The van der Waals surface area contributed by atoms with Gasteiger partial charge in [-0.25, -0.2) is 0 Å². The van der Waals surface area contributed by atoms with Gasteiger partial charge in [-0.3, -0.25) is 14.4 Å². The van der Waals surface area contributed by atoms with Crippen LogP contribution in [0, 0.1) is 11.8 Å². The highest BCUT2D eigenvalue weighted by Crippen LogP contribution is 2.30. The lowest BCUT2D eigenvalue weighted by molar-refractivity contribution is -0.150. The van der Waals surface area contributed by atoms with Gasteiger partial charge >= 0.3 is 5.97 Å². The third-order valence-corrected chi connectivity index (χ3v) is 4.14. The van der Waals surface area contributed by atoms with E-state index in [1.807, 2.05) is 0 Å². The van der Waals surface area contributed by atoms with Gasteiger partial charge in [0.2, 0.25) is 11.8 Å². The molecule has 19 heavy (non-hydrogen) atoms. The average Bonchev–Trinajstić information content (AvgIpc) is 2.41. The van der Waals surface area contributed by atoms with Crippen molar-refractivity contribution < 1.29 is 19.5 Å². The van der Waals surface area contributed by atoms with Gasteiger partial charge in [0.25, 0.3) is 0 Å². The molecule has 1 aliphatic heterocycles. The topological polar surface area (TPSA) is 77.9 Å². The molecule has 2 unspecified atom stereocenters. The van der Waals surface area contributed by atoms with E-state index in [4.69, 9.17) is 5.11 Å². The van der Waals surface area contributed by atoms with E-state index in [1.165, 1.54) is 0 Å². The summed E-state index contributed by atoms with van der Waals surface area (Å²) in [7, 11) is 1.73. The molecular weight excluding hydrogens is 248 g/mol. The van der Waals surface area contributed by atoms with Gasteiger partial charge in [-0.05, 0) is 19.3 Å². The maximum atomic E-state index is 12.3. The molecule has 0 radical (unpaired) electrons. The Morgan fingerprint density at radius 2 is 1.89 bits per heavy atom. The number of likely N-dealkylation sites (N-methyl/N-ethyl adjacent to an activating group) is 1. The molecule has 106 valence electrons. The Morgan fingerprint density at radius 3 is 2.53 bits per heavy atom. The summed E-state index contributed by atoms with van der Waals surface area (Å²) in [4.78, 5) is 38.1. The highest BCUT2D eigenvalue weighted by Gasteiger charge is 2.35. The molecule has 2 rings (SSSR count). The van der Waals surface area contributed by atoms with Crippen LogP contribution in [-0.2, 0) is 14.4 Å². The van der Waals surface area contributed by atoms with E-state index < -0.39 is 11.9 Å². The summed E-state index contributed by atoms with van der Waals surface area (Å²) in [5, 5.41) is 9.04. The lowest BCUT2D eigenvalue weighted by Crippen LogP contribution is -2.52. The van der Waals surface area contributed by atoms with E-state index in [9.17, 15) is 14.4 Å². The molecule has 0 aromatic rings. The number of amides is 2. The van der Waals surface area contributed by atoms with Crippen molar-refractivity contribution in [2.45, 2.75) is 25.7 Å². The van der Waals surface area contributed by atoms with Gasteiger partial charge in [-0.1, -0.05) is 6.42 Å². The third kappa shape index (κ3) is 3.05. The van der Waals surface area contributed by atoms with Gasteiger partial charge in [-0.2, -0.15) is 0 Å². The summed E-state index contributed by atoms with van der Waals surface area (Å²) in [5.74, 6) is -1.55. The number of aliphatic carboxylic acids is 1. The first kappa shape index (κ1) is 13.8. The zero-order chi connectivity index (χ0) is 14.0. The standard InChI is InChI=1S/C13H20N2O4/c1-14-5-6-15(8-11(14)16)12(17)9-3-2-4-10(7-9)13(18)19/h9-10H,2-8H2,1H3,(H,18,19). The predicted octanol–water partition coefficient (Wildman–Crippen LogP) is 0.178. The Morgan fingerprint density at radius 1 is 1.21 bits per heavy atom. The number of hydrogen-bond acceptors (Lipinski definition) is 3. The van der Waals surface area contributed by atoms with Crippen molar-refractivity contribution in [1.82, 2.24) is 9.80 Å². The number of nitrogens with zero attached hydrogens (tertiary/aromatic N) is 2. The second kappa shape index (κ2) is 5.59. The van der Waals surface area contributed by atoms with Crippen LogP contribution in [-0.4, -0.2) is 59.4 Å². The van der Waals surface area contributed by atoms with Crippen molar-refractivity contribution in [2.75, 3.05) is 26.7 Å².